The van der Waals surface area contributed by atoms with Gasteiger partial charge in [0.25, 0.3) is 20.6 Å². The van der Waals surface area contributed by atoms with Gasteiger partial charge in [-0.3, -0.25) is 32.5 Å². The Balaban J connectivity index is 1.22. The number of fused-ring (bicyclic) bond motifs is 5. The van der Waals surface area contributed by atoms with Crippen LogP contribution in [0.1, 0.15) is 12.5 Å². The number of imidazole rings is 2. The number of nitrogen functional groups attached to an aromatic ring is 2. The van der Waals surface area contributed by atoms with Crippen LogP contribution in [0.4, 0.5) is 16.2 Å². The van der Waals surface area contributed by atoms with Gasteiger partial charge < -0.3 is 40.0 Å². The largest absolute Gasteiger partial charge is 0.472 e. The molecule has 246 valence electrons. The summed E-state index contributed by atoms with van der Waals surface area (Å²) < 4.78 is 79.3. The van der Waals surface area contributed by atoms with E-state index in [2.05, 4.69) is 29.9 Å². The van der Waals surface area contributed by atoms with Crippen molar-refractivity contribution in [2.24, 2.45) is 5.92 Å². The number of aliphatic hydroxyl groups is 1. The Hall–Kier alpha value is -3.37. The fourth-order valence-corrected chi connectivity index (χ4v) is 7.83. The Labute approximate surface area is 256 Å². The number of rotatable bonds is 3. The molecule has 4 aromatic heterocycles. The fourth-order valence-electron chi connectivity index (χ4n) is 5.69. The van der Waals surface area contributed by atoms with Gasteiger partial charge in [0.15, 0.2) is 41.3 Å². The fraction of sp³-hybridized carbons (Fsp3) is 0.524. The summed E-state index contributed by atoms with van der Waals surface area (Å²) in [4.78, 5) is 45.5. The third-order valence-corrected chi connectivity index (χ3v) is 10.0. The van der Waals surface area contributed by atoms with Crippen LogP contribution < -0.4 is 17.0 Å². The van der Waals surface area contributed by atoms with Gasteiger partial charge in [0.05, 0.1) is 38.6 Å². The molecule has 3 aliphatic heterocycles. The third-order valence-electron chi connectivity index (χ3n) is 7.80. The SMILES string of the molecule is B[P@@]1(=O)OC[C@H]2OC(n3cnc4c(N)ncnc43)[C@@H](F)[C@H]2OP(=O)(O)OCC2O[C@@H](n3cnc4c(=O)[nH]c(N)nc43)[C@@H](O1)[C@H]2CO. The lowest BCUT2D eigenvalue weighted by Gasteiger charge is -2.28. The number of alkyl halides is 1. The molecular formula is C21H26BFN10O11P2. The average molecular weight is 686 g/mol. The molecule has 0 amide bonds. The maximum absolute atomic E-state index is 16.0. The average Bonchev–Trinajstić information content (AvgIpc) is 3.75. The number of aromatic amines is 1. The Bertz CT molecular complexity index is 1960. The molecule has 3 saturated heterocycles. The van der Waals surface area contributed by atoms with Crippen LogP contribution in [0.25, 0.3) is 22.3 Å². The van der Waals surface area contributed by atoms with E-state index in [9.17, 15) is 23.9 Å². The Morgan fingerprint density at radius 1 is 0.978 bits per heavy atom. The van der Waals surface area contributed by atoms with Crippen molar-refractivity contribution in [2.75, 3.05) is 31.3 Å². The number of nitrogens with one attached hydrogen (secondary N) is 1. The zero-order valence-electron chi connectivity index (χ0n) is 23.6. The zero-order valence-corrected chi connectivity index (χ0v) is 25.4. The smallest absolute Gasteiger partial charge is 0.396 e. The third kappa shape index (κ3) is 5.41. The van der Waals surface area contributed by atoms with Gasteiger partial charge in [0.1, 0.15) is 30.2 Å². The second-order valence-electron chi connectivity index (χ2n) is 10.8. The lowest BCUT2D eigenvalue weighted by Crippen LogP contribution is -2.34. The first-order valence-electron chi connectivity index (χ1n) is 13.6. The molecule has 25 heteroatoms. The minimum absolute atomic E-state index is 0.0245. The molecule has 3 fully saturated rings. The molecule has 21 nitrogen and oxygen atoms in total. The maximum Gasteiger partial charge on any atom is 0.472 e. The minimum Gasteiger partial charge on any atom is -0.396 e. The second kappa shape index (κ2) is 11.4. The summed E-state index contributed by atoms with van der Waals surface area (Å²) in [5.74, 6) is -1.23. The quantitative estimate of drug-likeness (QED) is 0.121. The van der Waals surface area contributed by atoms with Crippen LogP contribution in [0, 0.1) is 5.92 Å². The Kier molecular flexibility index (Phi) is 7.75. The maximum atomic E-state index is 16.0. The molecule has 7 N–H and O–H groups in total. The van der Waals surface area contributed by atoms with E-state index in [1.807, 2.05) is 0 Å². The highest BCUT2D eigenvalue weighted by molar-refractivity contribution is 7.79. The lowest BCUT2D eigenvalue weighted by molar-refractivity contribution is -0.0613. The molecule has 7 rings (SSSR count). The van der Waals surface area contributed by atoms with Crippen molar-refractivity contribution >= 4 is 57.0 Å². The summed E-state index contributed by atoms with van der Waals surface area (Å²) in [6, 6.07) is 0. The topological polar surface area (TPSA) is 289 Å². The number of nitrogens with two attached hydrogens (primary N) is 2. The molecule has 0 radical (unpaired) electrons. The number of H-pyrrole nitrogens is 1. The van der Waals surface area contributed by atoms with Crippen LogP contribution in [-0.2, 0) is 36.7 Å². The van der Waals surface area contributed by atoms with E-state index in [0.717, 1.165) is 13.9 Å². The molecular weight excluding hydrogens is 660 g/mol. The molecule has 0 aliphatic carbocycles. The monoisotopic (exact) mass is 686 g/mol. The van der Waals surface area contributed by atoms with Crippen LogP contribution in [0.2, 0.25) is 0 Å². The van der Waals surface area contributed by atoms with Crippen LogP contribution in [-0.4, -0.2) is 107 Å². The van der Waals surface area contributed by atoms with Crippen molar-refractivity contribution in [1.29, 1.82) is 0 Å². The highest BCUT2D eigenvalue weighted by Crippen LogP contribution is 2.54. The summed E-state index contributed by atoms with van der Waals surface area (Å²) in [6.07, 6.45) is -6.99. The summed E-state index contributed by atoms with van der Waals surface area (Å²) in [6.45, 7) is -1.95. The van der Waals surface area contributed by atoms with Gasteiger partial charge in [0, 0.05) is 5.92 Å². The van der Waals surface area contributed by atoms with Crippen molar-refractivity contribution in [2.45, 2.75) is 43.0 Å². The molecule has 4 aromatic rings. The molecule has 2 bridgehead atoms. The molecule has 46 heavy (non-hydrogen) atoms. The minimum atomic E-state index is -5.06. The number of anilines is 2. The van der Waals surface area contributed by atoms with Gasteiger partial charge in [0.2, 0.25) is 5.95 Å². The van der Waals surface area contributed by atoms with Crippen molar-refractivity contribution in [3.63, 3.8) is 0 Å². The highest BCUT2D eigenvalue weighted by Gasteiger charge is 2.54. The van der Waals surface area contributed by atoms with Gasteiger partial charge in [-0.1, -0.05) is 0 Å². The predicted molar refractivity (Wildman–Crippen MR) is 153 cm³/mol. The Morgan fingerprint density at radius 2 is 1.67 bits per heavy atom. The summed E-state index contributed by atoms with van der Waals surface area (Å²) in [5.41, 5.74) is 11.1. The highest BCUT2D eigenvalue weighted by atomic mass is 31.2. The van der Waals surface area contributed by atoms with E-state index in [1.165, 1.54) is 21.8 Å². The van der Waals surface area contributed by atoms with E-state index in [1.54, 1.807) is 0 Å². The number of hydrogen-bond acceptors (Lipinski definition) is 17. The molecule has 10 atom stereocenters. The van der Waals surface area contributed by atoms with E-state index >= 15 is 4.39 Å². The normalized spacial score (nSPS) is 37.1. The van der Waals surface area contributed by atoms with Crippen LogP contribution in [0.5, 0.6) is 0 Å². The number of phosphoric ester groups is 1. The molecule has 0 aromatic carbocycles. The lowest BCUT2D eigenvalue weighted by atomic mass is 9.99. The van der Waals surface area contributed by atoms with E-state index in [0.29, 0.717) is 0 Å². The number of halogens is 1. The number of aliphatic hydroxyl groups excluding tert-OH is 1. The first-order valence-corrected chi connectivity index (χ1v) is 17.1. The number of nitrogens with zero attached hydrogens (tertiary/aromatic N) is 7. The molecule has 0 spiro atoms. The molecule has 3 unspecified atom stereocenters. The number of aromatic nitrogens is 8. The van der Waals surface area contributed by atoms with Crippen molar-refractivity contribution in [3.05, 3.63) is 29.3 Å². The molecule has 0 saturated carbocycles. The van der Waals surface area contributed by atoms with Gasteiger partial charge in [-0.2, -0.15) is 4.98 Å². The number of phosphoric acid groups is 1. The first-order chi connectivity index (χ1) is 21.9. The summed E-state index contributed by atoms with van der Waals surface area (Å²) in [5, 5.41) is 10.3. The van der Waals surface area contributed by atoms with Gasteiger partial charge in [-0.15, -0.1) is 0 Å². The number of hydrogen-bond donors (Lipinski definition) is 5. The summed E-state index contributed by atoms with van der Waals surface area (Å²) >= 11 is 0. The van der Waals surface area contributed by atoms with E-state index in [-0.39, 0.29) is 34.1 Å². The van der Waals surface area contributed by atoms with Crippen LogP contribution in [0.3, 0.4) is 0 Å². The van der Waals surface area contributed by atoms with Crippen molar-refractivity contribution < 1.29 is 51.1 Å². The molecule has 3 aliphatic rings. The molecule has 7 heterocycles. The standard InChI is InChI=1S/C21H26BFN10O11P2/c22-45(36)39-3-9-14(10(23)19(42-9)32-5-28-11-15(24)26-4-27-16(11)32)44-46(37,38)40-2-8-7(1-34)13(43-45)20(41-8)33-6-29-12-17(33)30-21(25)31-18(12)35/h4-10,13-14,19-20,34H,1-3,22H2,(H,37,38)(H2,24,26,27)(H3,25,30,31,35)/t7-,8?,9+,10-,13-,14-,19?,20+,45+/m0/s1. The van der Waals surface area contributed by atoms with Gasteiger partial charge >= 0.3 is 7.82 Å². The second-order valence-corrected chi connectivity index (χ2v) is 14.2. The Morgan fingerprint density at radius 3 is 2.43 bits per heavy atom. The van der Waals surface area contributed by atoms with Crippen molar-refractivity contribution in [1.82, 2.24) is 39.0 Å². The summed E-state index contributed by atoms with van der Waals surface area (Å²) in [7, 11) is -8.05. The zero-order chi connectivity index (χ0) is 32.5. The van der Waals surface area contributed by atoms with Crippen LogP contribution in [0.15, 0.2) is 23.8 Å². The predicted octanol–water partition coefficient (Wildman–Crippen LogP) is -1.48. The number of ether oxygens (including phenoxy) is 2. The van der Waals surface area contributed by atoms with E-state index < -0.39 is 89.6 Å². The van der Waals surface area contributed by atoms with Gasteiger partial charge in [-0.25, -0.2) is 28.9 Å². The van der Waals surface area contributed by atoms with Crippen molar-refractivity contribution in [3.8, 4) is 0 Å². The van der Waals surface area contributed by atoms with Gasteiger partial charge in [-0.05, 0) is 0 Å². The van der Waals surface area contributed by atoms with Crippen LogP contribution >= 0.6 is 15.3 Å². The first kappa shape index (κ1) is 31.2. The van der Waals surface area contributed by atoms with E-state index in [4.69, 9.17) is 39.0 Å².